The fourth-order valence-electron chi connectivity index (χ4n) is 3.96. The lowest BCUT2D eigenvalue weighted by molar-refractivity contribution is -0.140. The van der Waals surface area contributed by atoms with E-state index in [1.165, 1.54) is 32.1 Å². The van der Waals surface area contributed by atoms with Crippen LogP contribution in [0.15, 0.2) is 0 Å². The van der Waals surface area contributed by atoms with E-state index in [1.54, 1.807) is 0 Å². The summed E-state index contributed by atoms with van der Waals surface area (Å²) in [7, 11) is 0. The van der Waals surface area contributed by atoms with Crippen LogP contribution in [-0.4, -0.2) is 29.4 Å². The summed E-state index contributed by atoms with van der Waals surface area (Å²) < 4.78 is 0. The molecule has 0 aromatic rings. The normalized spacial score (nSPS) is 35.0. The van der Waals surface area contributed by atoms with Crippen LogP contribution in [0.1, 0.15) is 71.6 Å². The minimum absolute atomic E-state index is 0.291. The lowest BCUT2D eigenvalue weighted by Gasteiger charge is -2.39. The molecule has 3 nitrogen and oxygen atoms in total. The number of amides is 1. The summed E-state index contributed by atoms with van der Waals surface area (Å²) in [6.45, 7) is 5.29. The first kappa shape index (κ1) is 15.8. The van der Waals surface area contributed by atoms with Gasteiger partial charge in [0.1, 0.15) is 0 Å². The van der Waals surface area contributed by atoms with Crippen molar-refractivity contribution in [3.05, 3.63) is 0 Å². The predicted molar refractivity (Wildman–Crippen MR) is 83.4 cm³/mol. The minimum atomic E-state index is 0.291. The van der Waals surface area contributed by atoms with Crippen molar-refractivity contribution < 1.29 is 4.79 Å². The van der Waals surface area contributed by atoms with Gasteiger partial charge in [-0.3, -0.25) is 4.79 Å². The Kier molecular flexibility index (Phi) is 5.88. The third kappa shape index (κ3) is 3.97. The Bertz CT molecular complexity index is 310. The quantitative estimate of drug-likeness (QED) is 0.858. The molecule has 0 aromatic heterocycles. The van der Waals surface area contributed by atoms with Crippen molar-refractivity contribution in [2.24, 2.45) is 17.6 Å². The molecule has 2 atom stereocenters. The first-order valence-corrected chi connectivity index (χ1v) is 8.67. The van der Waals surface area contributed by atoms with Crippen molar-refractivity contribution in [3.63, 3.8) is 0 Å². The smallest absolute Gasteiger partial charge is 0.225 e. The van der Waals surface area contributed by atoms with E-state index in [9.17, 15) is 4.79 Å². The Balaban J connectivity index is 1.79. The summed E-state index contributed by atoms with van der Waals surface area (Å²) in [6.07, 6.45) is 10.7. The number of nitrogens with two attached hydrogens (primary N) is 1. The average Bonchev–Trinajstić information content (AvgIpc) is 2.45. The molecule has 1 aliphatic carbocycles. The van der Waals surface area contributed by atoms with Crippen LogP contribution in [0.4, 0.5) is 0 Å². The zero-order valence-electron chi connectivity index (χ0n) is 13.3. The minimum Gasteiger partial charge on any atom is -0.340 e. The van der Waals surface area contributed by atoms with E-state index in [0.717, 1.165) is 38.1 Å². The van der Waals surface area contributed by atoms with E-state index in [-0.39, 0.29) is 0 Å². The molecule has 2 unspecified atom stereocenters. The third-order valence-electron chi connectivity index (χ3n) is 5.36. The van der Waals surface area contributed by atoms with Gasteiger partial charge in [0.2, 0.25) is 5.91 Å². The average molecular weight is 280 g/mol. The van der Waals surface area contributed by atoms with E-state index in [1.807, 2.05) is 0 Å². The largest absolute Gasteiger partial charge is 0.340 e. The SMILES string of the molecule is CCCCC1CCC(C(=O)N2CCC(N)CC2C)CC1. The van der Waals surface area contributed by atoms with Gasteiger partial charge in [0.05, 0.1) is 0 Å². The van der Waals surface area contributed by atoms with Crippen molar-refractivity contribution in [2.75, 3.05) is 6.54 Å². The number of unbranched alkanes of at least 4 members (excludes halogenated alkanes) is 1. The molecule has 3 heteroatoms. The second-order valence-electron chi connectivity index (χ2n) is 7.02. The van der Waals surface area contributed by atoms with Crippen LogP contribution in [0, 0.1) is 11.8 Å². The number of likely N-dealkylation sites (tertiary alicyclic amines) is 1. The van der Waals surface area contributed by atoms with Gasteiger partial charge in [-0.15, -0.1) is 0 Å². The fourth-order valence-corrected chi connectivity index (χ4v) is 3.96. The van der Waals surface area contributed by atoms with E-state index in [4.69, 9.17) is 5.73 Å². The van der Waals surface area contributed by atoms with Crippen LogP contribution < -0.4 is 5.73 Å². The Morgan fingerprint density at radius 2 is 1.90 bits per heavy atom. The molecule has 1 aliphatic heterocycles. The molecule has 1 saturated heterocycles. The van der Waals surface area contributed by atoms with Crippen LogP contribution >= 0.6 is 0 Å². The van der Waals surface area contributed by atoms with E-state index < -0.39 is 0 Å². The molecule has 1 amide bonds. The summed E-state index contributed by atoms with van der Waals surface area (Å²) in [5, 5.41) is 0. The summed E-state index contributed by atoms with van der Waals surface area (Å²) in [6, 6.07) is 0.628. The highest BCUT2D eigenvalue weighted by Gasteiger charge is 2.33. The fraction of sp³-hybridized carbons (Fsp3) is 0.941. The summed E-state index contributed by atoms with van der Waals surface area (Å²) >= 11 is 0. The number of hydrogen-bond acceptors (Lipinski definition) is 2. The van der Waals surface area contributed by atoms with Crippen LogP contribution in [0.3, 0.4) is 0 Å². The van der Waals surface area contributed by atoms with Gasteiger partial charge in [0.15, 0.2) is 0 Å². The van der Waals surface area contributed by atoms with Gasteiger partial charge in [-0.1, -0.05) is 26.2 Å². The van der Waals surface area contributed by atoms with Gasteiger partial charge >= 0.3 is 0 Å². The Morgan fingerprint density at radius 3 is 2.50 bits per heavy atom. The Hall–Kier alpha value is -0.570. The molecule has 1 heterocycles. The van der Waals surface area contributed by atoms with Gasteiger partial charge in [0, 0.05) is 24.5 Å². The first-order chi connectivity index (χ1) is 9.61. The predicted octanol–water partition coefficient (Wildman–Crippen LogP) is 3.32. The second kappa shape index (κ2) is 7.44. The van der Waals surface area contributed by atoms with Gasteiger partial charge < -0.3 is 10.6 Å². The first-order valence-electron chi connectivity index (χ1n) is 8.67. The molecular weight excluding hydrogens is 248 g/mol. The van der Waals surface area contributed by atoms with Crippen molar-refractivity contribution in [1.29, 1.82) is 0 Å². The van der Waals surface area contributed by atoms with Crippen molar-refractivity contribution in [1.82, 2.24) is 4.90 Å². The molecule has 1 saturated carbocycles. The standard InChI is InChI=1S/C17H32N2O/c1-3-4-5-14-6-8-15(9-7-14)17(20)19-11-10-16(18)12-13(19)2/h13-16H,3-12,18H2,1-2H3. The van der Waals surface area contributed by atoms with Gasteiger partial charge in [0.25, 0.3) is 0 Å². The van der Waals surface area contributed by atoms with Gasteiger partial charge in [-0.05, 0) is 51.4 Å². The van der Waals surface area contributed by atoms with Crippen molar-refractivity contribution in [3.8, 4) is 0 Å². The number of carbonyl (C=O) groups excluding carboxylic acids is 1. The van der Waals surface area contributed by atoms with Crippen LogP contribution in [0.25, 0.3) is 0 Å². The van der Waals surface area contributed by atoms with Crippen LogP contribution in [0.5, 0.6) is 0 Å². The third-order valence-corrected chi connectivity index (χ3v) is 5.36. The molecule has 2 N–H and O–H groups in total. The Morgan fingerprint density at radius 1 is 1.20 bits per heavy atom. The molecule has 0 spiro atoms. The number of carbonyl (C=O) groups is 1. The highest BCUT2D eigenvalue weighted by molar-refractivity contribution is 5.79. The molecular formula is C17H32N2O. The highest BCUT2D eigenvalue weighted by atomic mass is 16.2. The molecule has 20 heavy (non-hydrogen) atoms. The molecule has 2 rings (SSSR count). The summed E-state index contributed by atoms with van der Waals surface area (Å²) in [5.41, 5.74) is 5.99. The van der Waals surface area contributed by atoms with Crippen LogP contribution in [-0.2, 0) is 4.79 Å². The monoisotopic (exact) mass is 280 g/mol. The number of nitrogens with zero attached hydrogens (tertiary/aromatic N) is 1. The lowest BCUT2D eigenvalue weighted by Crippen LogP contribution is -2.50. The maximum atomic E-state index is 12.7. The van der Waals surface area contributed by atoms with Crippen molar-refractivity contribution >= 4 is 5.91 Å². The molecule has 2 fully saturated rings. The molecule has 0 radical (unpaired) electrons. The second-order valence-corrected chi connectivity index (χ2v) is 7.02. The van der Waals surface area contributed by atoms with Gasteiger partial charge in [-0.25, -0.2) is 0 Å². The zero-order chi connectivity index (χ0) is 14.5. The topological polar surface area (TPSA) is 46.3 Å². The lowest BCUT2D eigenvalue weighted by atomic mass is 9.79. The number of piperidine rings is 1. The maximum Gasteiger partial charge on any atom is 0.225 e. The van der Waals surface area contributed by atoms with E-state index in [0.29, 0.717) is 23.9 Å². The number of rotatable bonds is 4. The molecule has 0 bridgehead atoms. The van der Waals surface area contributed by atoms with Crippen molar-refractivity contribution in [2.45, 2.75) is 83.7 Å². The summed E-state index contributed by atoms with van der Waals surface area (Å²) in [4.78, 5) is 14.8. The molecule has 0 aromatic carbocycles. The van der Waals surface area contributed by atoms with E-state index >= 15 is 0 Å². The van der Waals surface area contributed by atoms with Gasteiger partial charge in [-0.2, -0.15) is 0 Å². The number of hydrogen-bond donors (Lipinski definition) is 1. The summed E-state index contributed by atoms with van der Waals surface area (Å²) in [5.74, 6) is 1.59. The maximum absolute atomic E-state index is 12.7. The Labute approximate surface area is 124 Å². The zero-order valence-corrected chi connectivity index (χ0v) is 13.3. The molecule has 116 valence electrons. The highest BCUT2D eigenvalue weighted by Crippen LogP contribution is 2.33. The molecule has 2 aliphatic rings. The van der Waals surface area contributed by atoms with Crippen LogP contribution in [0.2, 0.25) is 0 Å². The van der Waals surface area contributed by atoms with E-state index in [2.05, 4.69) is 18.7 Å².